The van der Waals surface area contributed by atoms with E-state index in [1.54, 1.807) is 12.1 Å². The van der Waals surface area contributed by atoms with Gasteiger partial charge in [0.2, 0.25) is 5.91 Å². The number of hydrogen-bond acceptors (Lipinski definition) is 3. The molecule has 0 aliphatic heterocycles. The molecular weight excluding hydrogens is 312 g/mol. The van der Waals surface area contributed by atoms with Gasteiger partial charge in [-0.05, 0) is 24.8 Å². The Balaban J connectivity index is 1.77. The summed E-state index contributed by atoms with van der Waals surface area (Å²) in [4.78, 5) is 22.9. The second-order valence-electron chi connectivity index (χ2n) is 5.20. The van der Waals surface area contributed by atoms with E-state index in [-0.39, 0.29) is 21.8 Å². The largest absolute Gasteiger partial charge is 0.325 e. The van der Waals surface area contributed by atoms with E-state index in [1.807, 2.05) is 0 Å². The summed E-state index contributed by atoms with van der Waals surface area (Å²) >= 11 is 3.57. The van der Waals surface area contributed by atoms with Gasteiger partial charge in [-0.15, -0.1) is 0 Å². The maximum Gasteiger partial charge on any atom is 0.271 e. The van der Waals surface area contributed by atoms with E-state index >= 15 is 0 Å². The van der Waals surface area contributed by atoms with E-state index in [2.05, 4.69) is 21.2 Å². The lowest BCUT2D eigenvalue weighted by Crippen LogP contribution is -2.25. The van der Waals surface area contributed by atoms with Crippen molar-refractivity contribution in [2.24, 2.45) is 11.3 Å². The van der Waals surface area contributed by atoms with Crippen LogP contribution in [0.25, 0.3) is 0 Å². The summed E-state index contributed by atoms with van der Waals surface area (Å²) < 4.78 is 0. The van der Waals surface area contributed by atoms with E-state index < -0.39 is 4.92 Å². The van der Waals surface area contributed by atoms with E-state index in [0.29, 0.717) is 11.6 Å². The van der Waals surface area contributed by atoms with Crippen LogP contribution in [-0.2, 0) is 4.79 Å². The Morgan fingerprint density at radius 3 is 2.95 bits per heavy atom. The van der Waals surface area contributed by atoms with Crippen molar-refractivity contribution in [3.63, 3.8) is 0 Å². The third-order valence-corrected chi connectivity index (χ3v) is 5.70. The number of hydrogen-bond donors (Lipinski definition) is 1. The second-order valence-corrected chi connectivity index (χ2v) is 6.19. The van der Waals surface area contributed by atoms with Gasteiger partial charge in [0.05, 0.1) is 10.3 Å². The molecule has 2 saturated carbocycles. The number of carbonyl (C=O) groups is 1. The maximum absolute atomic E-state index is 12.4. The Morgan fingerprint density at radius 2 is 2.32 bits per heavy atom. The molecule has 2 aliphatic rings. The van der Waals surface area contributed by atoms with Crippen LogP contribution in [0.4, 0.5) is 11.4 Å². The van der Waals surface area contributed by atoms with Crippen LogP contribution in [0.15, 0.2) is 24.3 Å². The Bertz CT molecular complexity index is 563. The van der Waals surface area contributed by atoms with Gasteiger partial charge in [-0.2, -0.15) is 0 Å². The normalized spacial score (nSPS) is 31.6. The number of nitro groups is 1. The van der Waals surface area contributed by atoms with Crippen molar-refractivity contribution in [3.8, 4) is 0 Å². The highest BCUT2D eigenvalue weighted by Gasteiger charge is 2.70. The topological polar surface area (TPSA) is 72.2 Å². The summed E-state index contributed by atoms with van der Waals surface area (Å²) in [6.07, 6.45) is 3.06. The monoisotopic (exact) mass is 324 g/mol. The van der Waals surface area contributed by atoms with Crippen molar-refractivity contribution in [2.45, 2.75) is 24.1 Å². The van der Waals surface area contributed by atoms with Crippen molar-refractivity contribution in [2.75, 3.05) is 5.32 Å². The number of fused-ring (bicyclic) bond motifs is 1. The summed E-state index contributed by atoms with van der Waals surface area (Å²) in [6, 6.07) is 6.06. The zero-order valence-electron chi connectivity index (χ0n) is 10.1. The molecule has 3 rings (SSSR count). The average molecular weight is 325 g/mol. The summed E-state index contributed by atoms with van der Waals surface area (Å²) in [5.41, 5.74) is 0.195. The standard InChI is InChI=1S/C13H13BrN2O3/c14-11-10-5-2-6-13(10,11)12(17)15-8-3-1-4-9(7-8)16(18)19/h1,3-4,7,10-11H,2,5-6H2,(H,15,17)/t10-,11-,13+/m0/s1. The zero-order chi connectivity index (χ0) is 13.6. The fourth-order valence-corrected chi connectivity index (χ4v) is 4.52. The van der Waals surface area contributed by atoms with Crippen LogP contribution in [0.3, 0.4) is 0 Å². The van der Waals surface area contributed by atoms with Gasteiger partial charge in [0.15, 0.2) is 0 Å². The average Bonchev–Trinajstić information content (AvgIpc) is 2.77. The van der Waals surface area contributed by atoms with Crippen LogP contribution < -0.4 is 5.32 Å². The maximum atomic E-state index is 12.4. The van der Waals surface area contributed by atoms with Crippen molar-refractivity contribution in [1.82, 2.24) is 0 Å². The molecular formula is C13H13BrN2O3. The first-order chi connectivity index (χ1) is 9.05. The molecule has 1 aromatic carbocycles. The summed E-state index contributed by atoms with van der Waals surface area (Å²) in [7, 11) is 0. The molecule has 0 spiro atoms. The molecule has 2 aliphatic carbocycles. The van der Waals surface area contributed by atoms with Gasteiger partial charge < -0.3 is 5.32 Å². The van der Waals surface area contributed by atoms with Gasteiger partial charge >= 0.3 is 0 Å². The van der Waals surface area contributed by atoms with Crippen molar-refractivity contribution >= 4 is 33.2 Å². The van der Waals surface area contributed by atoms with Gasteiger partial charge in [0.1, 0.15) is 0 Å². The van der Waals surface area contributed by atoms with E-state index in [4.69, 9.17) is 0 Å². The number of nitro benzene ring substituents is 1. The Morgan fingerprint density at radius 1 is 1.53 bits per heavy atom. The van der Waals surface area contributed by atoms with Crippen LogP contribution in [0.2, 0.25) is 0 Å². The molecule has 1 N–H and O–H groups in total. The van der Waals surface area contributed by atoms with Crippen LogP contribution in [0.1, 0.15) is 19.3 Å². The van der Waals surface area contributed by atoms with Crippen LogP contribution in [0, 0.1) is 21.4 Å². The number of nitrogens with one attached hydrogen (secondary N) is 1. The highest BCUT2D eigenvalue weighted by Crippen LogP contribution is 2.67. The summed E-state index contributed by atoms with van der Waals surface area (Å²) in [5.74, 6) is 0.406. The molecule has 1 amide bonds. The molecule has 0 bridgehead atoms. The number of alkyl halides is 1. The Hall–Kier alpha value is -1.43. The molecule has 0 unspecified atom stereocenters. The first-order valence-corrected chi connectivity index (χ1v) is 7.17. The number of anilines is 1. The number of amides is 1. The molecule has 1 aromatic rings. The van der Waals surface area contributed by atoms with Crippen LogP contribution in [0.5, 0.6) is 0 Å². The molecule has 6 heteroatoms. The predicted octanol–water partition coefficient (Wildman–Crippen LogP) is 3.10. The van der Waals surface area contributed by atoms with Gasteiger partial charge in [-0.1, -0.05) is 28.4 Å². The first kappa shape index (κ1) is 12.6. The highest BCUT2D eigenvalue weighted by molar-refractivity contribution is 9.09. The molecule has 0 aromatic heterocycles. The van der Waals surface area contributed by atoms with Gasteiger partial charge in [0.25, 0.3) is 5.69 Å². The summed E-state index contributed by atoms with van der Waals surface area (Å²) in [5, 5.41) is 13.5. The minimum atomic E-state index is -0.462. The Labute approximate surface area is 118 Å². The Kier molecular flexibility index (Phi) is 2.85. The quantitative estimate of drug-likeness (QED) is 0.527. The minimum Gasteiger partial charge on any atom is -0.325 e. The number of rotatable bonds is 3. The van der Waals surface area contributed by atoms with E-state index in [9.17, 15) is 14.9 Å². The van der Waals surface area contributed by atoms with Crippen molar-refractivity contribution in [1.29, 1.82) is 0 Å². The first-order valence-electron chi connectivity index (χ1n) is 6.25. The summed E-state index contributed by atoms with van der Waals surface area (Å²) in [6.45, 7) is 0. The fraction of sp³-hybridized carbons (Fsp3) is 0.462. The molecule has 0 heterocycles. The zero-order valence-corrected chi connectivity index (χ0v) is 11.7. The number of halogens is 1. The van der Waals surface area contributed by atoms with Gasteiger partial charge in [-0.3, -0.25) is 14.9 Å². The molecule has 100 valence electrons. The van der Waals surface area contributed by atoms with Crippen molar-refractivity contribution in [3.05, 3.63) is 34.4 Å². The highest BCUT2D eigenvalue weighted by atomic mass is 79.9. The number of benzene rings is 1. The third-order valence-electron chi connectivity index (χ3n) is 4.24. The van der Waals surface area contributed by atoms with Gasteiger partial charge in [-0.25, -0.2) is 0 Å². The SMILES string of the molecule is O=C(Nc1cccc([N+](=O)[O-])c1)[C@]12CCC[C@H]1[C@@H]2Br. The molecule has 0 saturated heterocycles. The van der Waals surface area contributed by atoms with Crippen molar-refractivity contribution < 1.29 is 9.72 Å². The number of nitrogens with zero attached hydrogens (tertiary/aromatic N) is 1. The molecule has 2 fully saturated rings. The molecule has 5 nitrogen and oxygen atoms in total. The second kappa shape index (κ2) is 4.30. The lowest BCUT2D eigenvalue weighted by molar-refractivity contribution is -0.384. The minimum absolute atomic E-state index is 0.00976. The van der Waals surface area contributed by atoms with Gasteiger partial charge in [0, 0.05) is 22.6 Å². The predicted molar refractivity (Wildman–Crippen MR) is 74.2 cm³/mol. The van der Waals surface area contributed by atoms with E-state index in [1.165, 1.54) is 12.1 Å². The van der Waals surface area contributed by atoms with Crippen LogP contribution in [-0.4, -0.2) is 15.7 Å². The van der Waals surface area contributed by atoms with E-state index in [0.717, 1.165) is 19.3 Å². The smallest absolute Gasteiger partial charge is 0.271 e. The molecule has 0 radical (unpaired) electrons. The molecule has 3 atom stereocenters. The molecule has 19 heavy (non-hydrogen) atoms. The lowest BCUT2D eigenvalue weighted by atomic mass is 10.0. The number of non-ortho nitro benzene ring substituents is 1. The third kappa shape index (κ3) is 1.85. The number of carbonyl (C=O) groups excluding carboxylic acids is 1. The van der Waals surface area contributed by atoms with Crippen LogP contribution >= 0.6 is 15.9 Å². The fourth-order valence-electron chi connectivity index (χ4n) is 3.16. The lowest BCUT2D eigenvalue weighted by Gasteiger charge is -2.13.